The van der Waals surface area contributed by atoms with E-state index in [1.165, 1.54) is 22.3 Å². The molecule has 1 amide bonds. The first-order valence-corrected chi connectivity index (χ1v) is 8.78. The number of carbonyl (C=O) groups is 1. The normalized spacial score (nSPS) is 21.4. The summed E-state index contributed by atoms with van der Waals surface area (Å²) in [6, 6.07) is 14.5. The molecular weight excluding hydrogens is 298 g/mol. The summed E-state index contributed by atoms with van der Waals surface area (Å²) >= 11 is 0. The lowest BCUT2D eigenvalue weighted by Gasteiger charge is -2.23. The molecule has 2 aromatic carbocycles. The molecule has 3 heteroatoms. The number of fused-ring (bicyclic) bond motifs is 3. The van der Waals surface area contributed by atoms with Crippen LogP contribution in [0.15, 0.2) is 42.5 Å². The summed E-state index contributed by atoms with van der Waals surface area (Å²) in [7, 11) is 1.84. The molecule has 3 nitrogen and oxygen atoms in total. The van der Waals surface area contributed by atoms with Crippen molar-refractivity contribution < 1.29 is 9.90 Å². The third kappa shape index (κ3) is 2.63. The first-order chi connectivity index (χ1) is 11.6. The van der Waals surface area contributed by atoms with Gasteiger partial charge in [0.05, 0.1) is 6.10 Å². The molecule has 0 aromatic heterocycles. The molecule has 2 atom stereocenters. The average Bonchev–Trinajstić information content (AvgIpc) is 3.16. The van der Waals surface area contributed by atoms with Crippen LogP contribution in [0.1, 0.15) is 40.7 Å². The third-order valence-corrected chi connectivity index (χ3v) is 5.51. The number of aliphatic hydroxyl groups is 1. The molecule has 0 saturated heterocycles. The lowest BCUT2D eigenvalue weighted by Crippen LogP contribution is -2.34. The van der Waals surface area contributed by atoms with Gasteiger partial charge in [0.25, 0.3) is 5.91 Å². The van der Waals surface area contributed by atoms with Gasteiger partial charge in [-0.15, -0.1) is 0 Å². The Morgan fingerprint density at radius 3 is 2.71 bits per heavy atom. The van der Waals surface area contributed by atoms with E-state index >= 15 is 0 Å². The van der Waals surface area contributed by atoms with Crippen molar-refractivity contribution in [3.63, 3.8) is 0 Å². The minimum absolute atomic E-state index is 0.0489. The van der Waals surface area contributed by atoms with E-state index in [-0.39, 0.29) is 17.9 Å². The molecule has 2 aliphatic rings. The number of nitrogens with zero attached hydrogens (tertiary/aromatic N) is 1. The maximum Gasteiger partial charge on any atom is 0.253 e. The van der Waals surface area contributed by atoms with Gasteiger partial charge in [-0.2, -0.15) is 0 Å². The molecule has 1 fully saturated rings. The van der Waals surface area contributed by atoms with Crippen LogP contribution < -0.4 is 0 Å². The van der Waals surface area contributed by atoms with Gasteiger partial charge in [-0.05, 0) is 53.6 Å². The van der Waals surface area contributed by atoms with Crippen LogP contribution in [0.25, 0.3) is 11.1 Å². The molecular formula is C21H23NO2. The molecule has 0 bridgehead atoms. The topological polar surface area (TPSA) is 40.5 Å². The Balaban J connectivity index is 1.53. The Kier molecular flexibility index (Phi) is 3.89. The van der Waals surface area contributed by atoms with Crippen molar-refractivity contribution in [1.29, 1.82) is 0 Å². The molecule has 4 rings (SSSR count). The van der Waals surface area contributed by atoms with E-state index in [0.29, 0.717) is 6.54 Å². The van der Waals surface area contributed by atoms with Crippen molar-refractivity contribution in [1.82, 2.24) is 4.90 Å². The van der Waals surface area contributed by atoms with Crippen molar-refractivity contribution in [2.75, 3.05) is 13.6 Å². The van der Waals surface area contributed by atoms with Gasteiger partial charge in [-0.3, -0.25) is 4.79 Å². The molecule has 1 saturated carbocycles. The standard InChI is InChI=1S/C21H23NO2/c1-22(13-16-6-4-8-20(16)23)21(24)15-9-10-19-17(12-15)11-14-5-2-3-7-18(14)19/h2-3,5,7,9-10,12,16,20,23H,4,6,8,11,13H2,1H3. The second-order valence-corrected chi connectivity index (χ2v) is 7.15. The number of hydrogen-bond acceptors (Lipinski definition) is 2. The summed E-state index contributed by atoms with van der Waals surface area (Å²) in [5, 5.41) is 9.98. The van der Waals surface area contributed by atoms with Crippen molar-refractivity contribution in [3.8, 4) is 11.1 Å². The first kappa shape index (κ1) is 15.4. The first-order valence-electron chi connectivity index (χ1n) is 8.78. The van der Waals surface area contributed by atoms with Crippen LogP contribution in [0.5, 0.6) is 0 Å². The van der Waals surface area contributed by atoms with E-state index in [1.807, 2.05) is 19.2 Å². The van der Waals surface area contributed by atoms with Crippen molar-refractivity contribution in [2.24, 2.45) is 5.92 Å². The molecule has 124 valence electrons. The van der Waals surface area contributed by atoms with Crippen LogP contribution in [0, 0.1) is 5.92 Å². The minimum Gasteiger partial charge on any atom is -0.393 e. The van der Waals surface area contributed by atoms with E-state index in [4.69, 9.17) is 0 Å². The minimum atomic E-state index is -0.255. The van der Waals surface area contributed by atoms with E-state index in [1.54, 1.807) is 4.90 Å². The maximum atomic E-state index is 12.8. The Bertz CT molecular complexity index is 783. The molecule has 0 radical (unpaired) electrons. The fourth-order valence-electron chi connectivity index (χ4n) is 4.16. The number of hydrogen-bond donors (Lipinski definition) is 1. The number of aliphatic hydroxyl groups excluding tert-OH is 1. The highest BCUT2D eigenvalue weighted by Crippen LogP contribution is 2.37. The number of rotatable bonds is 3. The Morgan fingerprint density at radius 2 is 1.92 bits per heavy atom. The van der Waals surface area contributed by atoms with Gasteiger partial charge < -0.3 is 10.0 Å². The van der Waals surface area contributed by atoms with Gasteiger partial charge in [-0.1, -0.05) is 36.8 Å². The van der Waals surface area contributed by atoms with Crippen LogP contribution in [-0.2, 0) is 6.42 Å². The van der Waals surface area contributed by atoms with Crippen molar-refractivity contribution in [2.45, 2.75) is 31.8 Å². The summed E-state index contributed by atoms with van der Waals surface area (Å²) in [5.41, 5.74) is 5.84. The summed E-state index contributed by atoms with van der Waals surface area (Å²) < 4.78 is 0. The predicted molar refractivity (Wildman–Crippen MR) is 95.0 cm³/mol. The summed E-state index contributed by atoms with van der Waals surface area (Å²) in [6.07, 6.45) is 3.58. The monoisotopic (exact) mass is 321 g/mol. The van der Waals surface area contributed by atoms with Crippen LogP contribution >= 0.6 is 0 Å². The third-order valence-electron chi connectivity index (χ3n) is 5.51. The highest BCUT2D eigenvalue weighted by atomic mass is 16.3. The molecule has 1 N–H and O–H groups in total. The molecule has 0 aliphatic heterocycles. The van der Waals surface area contributed by atoms with Crippen molar-refractivity contribution in [3.05, 3.63) is 59.2 Å². The molecule has 24 heavy (non-hydrogen) atoms. The van der Waals surface area contributed by atoms with Gasteiger partial charge in [0.1, 0.15) is 0 Å². The molecule has 2 aliphatic carbocycles. The fourth-order valence-corrected chi connectivity index (χ4v) is 4.16. The quantitative estimate of drug-likeness (QED) is 0.802. The van der Waals surface area contributed by atoms with E-state index in [0.717, 1.165) is 31.2 Å². The zero-order valence-electron chi connectivity index (χ0n) is 14.0. The van der Waals surface area contributed by atoms with E-state index in [2.05, 4.69) is 30.3 Å². The number of carbonyl (C=O) groups excluding carboxylic acids is 1. The zero-order chi connectivity index (χ0) is 16.7. The van der Waals surface area contributed by atoms with E-state index in [9.17, 15) is 9.90 Å². The van der Waals surface area contributed by atoms with Gasteiger partial charge in [0.2, 0.25) is 0 Å². The summed E-state index contributed by atoms with van der Waals surface area (Å²) in [5.74, 6) is 0.269. The largest absolute Gasteiger partial charge is 0.393 e. The summed E-state index contributed by atoms with van der Waals surface area (Å²) in [4.78, 5) is 14.5. The Hall–Kier alpha value is -2.13. The van der Waals surface area contributed by atoms with Crippen molar-refractivity contribution >= 4 is 5.91 Å². The highest BCUT2D eigenvalue weighted by molar-refractivity contribution is 5.95. The second-order valence-electron chi connectivity index (χ2n) is 7.15. The zero-order valence-corrected chi connectivity index (χ0v) is 14.0. The Labute approximate surface area is 142 Å². The maximum absolute atomic E-state index is 12.8. The van der Waals surface area contributed by atoms with Gasteiger partial charge in [0, 0.05) is 25.1 Å². The molecule has 0 heterocycles. The molecule has 2 unspecified atom stereocenters. The SMILES string of the molecule is CN(CC1CCCC1O)C(=O)c1ccc2c(c1)Cc1ccccc1-2. The van der Waals surface area contributed by atoms with Crippen LogP contribution in [-0.4, -0.2) is 35.6 Å². The lowest BCUT2D eigenvalue weighted by molar-refractivity contribution is 0.0693. The molecule has 2 aromatic rings. The fraction of sp³-hybridized carbons (Fsp3) is 0.381. The molecule has 0 spiro atoms. The van der Waals surface area contributed by atoms with Gasteiger partial charge >= 0.3 is 0 Å². The van der Waals surface area contributed by atoms with E-state index < -0.39 is 0 Å². The second kappa shape index (κ2) is 6.06. The average molecular weight is 321 g/mol. The summed E-state index contributed by atoms with van der Waals surface area (Å²) in [6.45, 7) is 0.636. The Morgan fingerprint density at radius 1 is 1.12 bits per heavy atom. The number of amides is 1. The number of benzene rings is 2. The predicted octanol–water partition coefficient (Wildman–Crippen LogP) is 3.49. The van der Waals surface area contributed by atoms with Crippen LogP contribution in [0.4, 0.5) is 0 Å². The smallest absolute Gasteiger partial charge is 0.253 e. The van der Waals surface area contributed by atoms with Gasteiger partial charge in [0.15, 0.2) is 0 Å². The lowest BCUT2D eigenvalue weighted by atomic mass is 10.0. The highest BCUT2D eigenvalue weighted by Gasteiger charge is 2.28. The van der Waals surface area contributed by atoms with Gasteiger partial charge in [-0.25, -0.2) is 0 Å². The van der Waals surface area contributed by atoms with Crippen LogP contribution in [0.3, 0.4) is 0 Å². The van der Waals surface area contributed by atoms with Crippen LogP contribution in [0.2, 0.25) is 0 Å².